The first-order chi connectivity index (χ1) is 13.7. The SMILES string of the molecule is O=C(CSc1nc2ccccc2s1)N/N=C\c1ccc(-c2cccc(Cl)c2)o1. The van der Waals surface area contributed by atoms with Gasteiger partial charge in [-0.25, -0.2) is 10.4 Å². The van der Waals surface area contributed by atoms with Crippen LogP contribution in [-0.2, 0) is 4.79 Å². The van der Waals surface area contributed by atoms with E-state index in [2.05, 4.69) is 15.5 Å². The van der Waals surface area contributed by atoms with Gasteiger partial charge in [-0.2, -0.15) is 5.10 Å². The smallest absolute Gasteiger partial charge is 0.250 e. The van der Waals surface area contributed by atoms with Crippen LogP contribution in [0.1, 0.15) is 5.76 Å². The predicted molar refractivity (Wildman–Crippen MR) is 115 cm³/mol. The van der Waals surface area contributed by atoms with Gasteiger partial charge in [0.2, 0.25) is 0 Å². The lowest BCUT2D eigenvalue weighted by molar-refractivity contribution is -0.118. The van der Waals surface area contributed by atoms with Crippen molar-refractivity contribution >= 4 is 57.0 Å². The minimum Gasteiger partial charge on any atom is -0.455 e. The average Bonchev–Trinajstić information content (AvgIpc) is 3.33. The molecule has 5 nitrogen and oxygen atoms in total. The van der Waals surface area contributed by atoms with E-state index >= 15 is 0 Å². The van der Waals surface area contributed by atoms with Crippen LogP contribution in [0.5, 0.6) is 0 Å². The average molecular weight is 428 g/mol. The standard InChI is InChI=1S/C20H14ClN3O2S2/c21-14-5-3-4-13(10-14)17-9-8-15(26-17)11-22-24-19(25)12-27-20-23-16-6-1-2-7-18(16)28-20/h1-11H,12H2,(H,24,25)/b22-11-. The molecule has 8 heteroatoms. The molecule has 4 aromatic rings. The first kappa shape index (κ1) is 18.7. The summed E-state index contributed by atoms with van der Waals surface area (Å²) in [4.78, 5) is 16.5. The lowest BCUT2D eigenvalue weighted by atomic mass is 10.2. The second-order valence-corrected chi connectivity index (χ2v) is 8.43. The number of hydrogen-bond donors (Lipinski definition) is 1. The monoisotopic (exact) mass is 427 g/mol. The van der Waals surface area contributed by atoms with E-state index < -0.39 is 0 Å². The van der Waals surface area contributed by atoms with Gasteiger partial charge >= 0.3 is 0 Å². The number of nitrogens with one attached hydrogen (secondary N) is 1. The molecular weight excluding hydrogens is 414 g/mol. The number of carbonyl (C=O) groups is 1. The summed E-state index contributed by atoms with van der Waals surface area (Å²) >= 11 is 8.96. The van der Waals surface area contributed by atoms with E-state index in [1.54, 1.807) is 23.5 Å². The van der Waals surface area contributed by atoms with Crippen LogP contribution in [0.25, 0.3) is 21.5 Å². The van der Waals surface area contributed by atoms with Crippen LogP contribution >= 0.6 is 34.7 Å². The molecule has 0 atom stereocenters. The fourth-order valence-corrected chi connectivity index (χ4v) is 4.51. The zero-order valence-corrected chi connectivity index (χ0v) is 16.9. The molecule has 2 aromatic carbocycles. The van der Waals surface area contributed by atoms with Crippen LogP contribution in [0.15, 0.2) is 74.5 Å². The number of hydrogen-bond acceptors (Lipinski definition) is 6. The Bertz CT molecular complexity index is 1120. The largest absolute Gasteiger partial charge is 0.455 e. The Kier molecular flexibility index (Phi) is 5.76. The van der Waals surface area contributed by atoms with Crippen molar-refractivity contribution in [2.45, 2.75) is 4.34 Å². The van der Waals surface area contributed by atoms with Gasteiger partial charge < -0.3 is 4.42 Å². The summed E-state index contributed by atoms with van der Waals surface area (Å²) in [5.74, 6) is 1.25. The van der Waals surface area contributed by atoms with Gasteiger partial charge in [-0.1, -0.05) is 47.6 Å². The van der Waals surface area contributed by atoms with Crippen molar-refractivity contribution in [2.75, 3.05) is 5.75 Å². The summed E-state index contributed by atoms with van der Waals surface area (Å²) in [5.41, 5.74) is 4.32. The van der Waals surface area contributed by atoms with Gasteiger partial charge in [0.25, 0.3) is 5.91 Å². The Hall–Kier alpha value is -2.61. The van der Waals surface area contributed by atoms with Crippen molar-refractivity contribution in [1.82, 2.24) is 10.4 Å². The normalized spacial score (nSPS) is 11.3. The highest BCUT2D eigenvalue weighted by Gasteiger charge is 2.07. The van der Waals surface area contributed by atoms with Gasteiger partial charge in [0.05, 0.1) is 22.2 Å². The first-order valence-electron chi connectivity index (χ1n) is 8.33. The molecular formula is C20H14ClN3O2S2. The van der Waals surface area contributed by atoms with Crippen LogP contribution in [0.4, 0.5) is 0 Å². The Balaban J connectivity index is 1.30. The van der Waals surface area contributed by atoms with Crippen LogP contribution in [0.2, 0.25) is 5.02 Å². The second-order valence-electron chi connectivity index (χ2n) is 5.74. The number of thioether (sulfide) groups is 1. The van der Waals surface area contributed by atoms with Gasteiger partial charge in [-0.05, 0) is 36.4 Å². The van der Waals surface area contributed by atoms with Crippen molar-refractivity contribution in [2.24, 2.45) is 5.10 Å². The highest BCUT2D eigenvalue weighted by molar-refractivity contribution is 8.01. The number of amides is 1. The van der Waals surface area contributed by atoms with Crippen LogP contribution in [0.3, 0.4) is 0 Å². The number of carbonyl (C=O) groups excluding carboxylic acids is 1. The minimum atomic E-state index is -0.206. The van der Waals surface area contributed by atoms with Crippen molar-refractivity contribution < 1.29 is 9.21 Å². The van der Waals surface area contributed by atoms with Crippen molar-refractivity contribution in [3.8, 4) is 11.3 Å². The maximum Gasteiger partial charge on any atom is 0.250 e. The zero-order valence-electron chi connectivity index (χ0n) is 14.5. The molecule has 4 rings (SSSR count). The molecule has 0 fully saturated rings. The fraction of sp³-hybridized carbons (Fsp3) is 0.0500. The zero-order chi connectivity index (χ0) is 19.3. The van der Waals surface area contributed by atoms with Gasteiger partial charge in [0, 0.05) is 10.6 Å². The number of rotatable bonds is 6. The summed E-state index contributed by atoms with van der Waals surface area (Å²) in [5, 5.41) is 4.59. The number of furan rings is 1. The van der Waals surface area contributed by atoms with E-state index in [1.165, 1.54) is 18.0 Å². The molecule has 0 aliphatic rings. The summed E-state index contributed by atoms with van der Waals surface area (Å²) < 4.78 is 7.66. The van der Waals surface area contributed by atoms with Gasteiger partial charge in [-0.15, -0.1) is 11.3 Å². The minimum absolute atomic E-state index is 0.206. The van der Waals surface area contributed by atoms with Crippen LogP contribution in [-0.4, -0.2) is 22.9 Å². The van der Waals surface area contributed by atoms with E-state index in [9.17, 15) is 4.79 Å². The molecule has 0 saturated heterocycles. The number of nitrogens with zero attached hydrogens (tertiary/aromatic N) is 2. The highest BCUT2D eigenvalue weighted by Crippen LogP contribution is 2.29. The molecule has 2 heterocycles. The lowest BCUT2D eigenvalue weighted by Crippen LogP contribution is -2.19. The summed E-state index contributed by atoms with van der Waals surface area (Å²) in [7, 11) is 0. The van der Waals surface area contributed by atoms with Gasteiger partial charge in [-0.3, -0.25) is 4.79 Å². The van der Waals surface area contributed by atoms with Crippen LogP contribution in [0, 0.1) is 0 Å². The molecule has 28 heavy (non-hydrogen) atoms. The van der Waals surface area contributed by atoms with E-state index in [1.807, 2.05) is 48.5 Å². The topological polar surface area (TPSA) is 67.5 Å². The van der Waals surface area contributed by atoms with E-state index in [-0.39, 0.29) is 11.7 Å². The fourth-order valence-electron chi connectivity index (χ4n) is 2.46. The molecule has 0 radical (unpaired) electrons. The Morgan fingerprint density at radius 2 is 2.11 bits per heavy atom. The molecule has 1 N–H and O–H groups in total. The van der Waals surface area contributed by atoms with Crippen LogP contribution < -0.4 is 5.43 Å². The molecule has 0 aliphatic carbocycles. The Morgan fingerprint density at radius 1 is 1.21 bits per heavy atom. The summed E-state index contributed by atoms with van der Waals surface area (Å²) in [6.07, 6.45) is 1.47. The van der Waals surface area contributed by atoms with Gasteiger partial charge in [0.1, 0.15) is 11.5 Å². The van der Waals surface area contributed by atoms with Crippen molar-refractivity contribution in [3.05, 3.63) is 71.4 Å². The van der Waals surface area contributed by atoms with E-state index in [0.29, 0.717) is 16.5 Å². The van der Waals surface area contributed by atoms with Crippen molar-refractivity contribution in [3.63, 3.8) is 0 Å². The van der Waals surface area contributed by atoms with E-state index in [4.69, 9.17) is 16.0 Å². The summed E-state index contributed by atoms with van der Waals surface area (Å²) in [6, 6.07) is 18.9. The Morgan fingerprint density at radius 3 is 2.96 bits per heavy atom. The van der Waals surface area contributed by atoms with Gasteiger partial charge in [0.15, 0.2) is 4.34 Å². The molecule has 0 bridgehead atoms. The molecule has 1 amide bonds. The molecule has 0 unspecified atom stereocenters. The Labute approximate surface area is 174 Å². The van der Waals surface area contributed by atoms with E-state index in [0.717, 1.165) is 20.1 Å². The number of fused-ring (bicyclic) bond motifs is 1. The predicted octanol–water partition coefficient (Wildman–Crippen LogP) is 5.45. The number of thiazole rings is 1. The molecule has 140 valence electrons. The third-order valence-electron chi connectivity index (χ3n) is 3.72. The molecule has 0 spiro atoms. The highest BCUT2D eigenvalue weighted by atomic mass is 35.5. The number of hydrazone groups is 1. The molecule has 2 aromatic heterocycles. The summed E-state index contributed by atoms with van der Waals surface area (Å²) in [6.45, 7) is 0. The van der Waals surface area contributed by atoms with Crippen molar-refractivity contribution in [1.29, 1.82) is 0 Å². The maximum atomic E-state index is 12.0. The number of aromatic nitrogens is 1. The lowest BCUT2D eigenvalue weighted by Gasteiger charge is -1.98. The first-order valence-corrected chi connectivity index (χ1v) is 10.5. The second kappa shape index (κ2) is 8.60. The quantitative estimate of drug-likeness (QED) is 0.252. The number of benzene rings is 2. The third-order valence-corrected chi connectivity index (χ3v) is 6.13. The number of para-hydroxylation sites is 1. The third kappa shape index (κ3) is 4.62. The number of halogens is 1. The molecule has 0 saturated carbocycles. The maximum absolute atomic E-state index is 12.0. The molecule has 0 aliphatic heterocycles.